The van der Waals surface area contributed by atoms with Crippen LogP contribution < -0.4 is 22.5 Å². The van der Waals surface area contributed by atoms with Gasteiger partial charge in [0.2, 0.25) is 17.6 Å². The van der Waals surface area contributed by atoms with E-state index in [0.29, 0.717) is 50.2 Å². The molecule has 1 aromatic heterocycles. The first kappa shape index (κ1) is 25.3. The number of ketones is 1. The Morgan fingerprint density at radius 3 is 2.68 bits per heavy atom. The number of benzene rings is 1. The highest BCUT2D eigenvalue weighted by molar-refractivity contribution is 7.11. The number of rotatable bonds is 11. The van der Waals surface area contributed by atoms with Crippen LogP contribution in [0.2, 0.25) is 0 Å². The molecule has 1 aliphatic rings. The number of carbonyl (C=O) groups excluding carboxylic acids is 3. The van der Waals surface area contributed by atoms with Crippen molar-refractivity contribution in [2.45, 2.75) is 50.2 Å². The third-order valence-corrected chi connectivity index (χ3v) is 6.46. The topological polar surface area (TPSA) is 170 Å². The van der Waals surface area contributed by atoms with Crippen LogP contribution in [0.25, 0.3) is 0 Å². The number of hydrogen-bond acceptors (Lipinski definition) is 7. The standard InChI is InChI=1S/C23H31N7O3S/c24-16(14-15-6-2-1-3-7-15)22(33)30-12-5-9-18(30)20(32)29-17(8-4-10-28-23(25)26)19(31)21-27-11-13-34-21/h1-3,6-7,11,13,16-18H,4-5,8-10,12,14,24H2,(H,29,32)(H4,25,26,28)/t16-,17-,18-/m0/s1. The normalized spacial score (nSPS) is 17.1. The monoisotopic (exact) mass is 485 g/mol. The summed E-state index contributed by atoms with van der Waals surface area (Å²) in [5.74, 6) is -0.935. The Kier molecular flexibility index (Phi) is 9.11. The van der Waals surface area contributed by atoms with E-state index in [-0.39, 0.29) is 23.6 Å². The number of aromatic nitrogens is 1. The maximum atomic E-state index is 13.2. The van der Waals surface area contributed by atoms with E-state index in [2.05, 4.69) is 15.3 Å². The van der Waals surface area contributed by atoms with Crippen molar-refractivity contribution in [2.75, 3.05) is 13.1 Å². The van der Waals surface area contributed by atoms with Gasteiger partial charge in [0.1, 0.15) is 6.04 Å². The molecular formula is C23H31N7O3S. The number of nitrogens with one attached hydrogen (secondary N) is 1. The second kappa shape index (κ2) is 12.2. The van der Waals surface area contributed by atoms with Crippen molar-refractivity contribution in [1.82, 2.24) is 15.2 Å². The Balaban J connectivity index is 1.65. The van der Waals surface area contributed by atoms with E-state index >= 15 is 0 Å². The number of likely N-dealkylation sites (tertiary alicyclic amines) is 1. The predicted molar refractivity (Wildman–Crippen MR) is 131 cm³/mol. The molecule has 0 unspecified atom stereocenters. The highest BCUT2D eigenvalue weighted by atomic mass is 32.1. The number of carbonyl (C=O) groups is 3. The second-order valence-electron chi connectivity index (χ2n) is 8.20. The Morgan fingerprint density at radius 2 is 2.00 bits per heavy atom. The summed E-state index contributed by atoms with van der Waals surface area (Å²) in [7, 11) is 0. The first-order chi connectivity index (χ1) is 16.4. The van der Waals surface area contributed by atoms with Gasteiger partial charge in [0.05, 0.1) is 12.1 Å². The summed E-state index contributed by atoms with van der Waals surface area (Å²) in [6, 6.07) is 7.32. The second-order valence-corrected chi connectivity index (χ2v) is 9.09. The van der Waals surface area contributed by atoms with E-state index in [9.17, 15) is 14.4 Å². The molecule has 1 aromatic carbocycles. The van der Waals surface area contributed by atoms with Crippen LogP contribution in [0.1, 0.15) is 41.0 Å². The Hall–Kier alpha value is -3.31. The first-order valence-electron chi connectivity index (χ1n) is 11.3. The average molecular weight is 486 g/mol. The summed E-state index contributed by atoms with van der Waals surface area (Å²) in [4.78, 5) is 48.7. The number of nitrogens with two attached hydrogens (primary N) is 3. The Bertz CT molecular complexity index is 993. The summed E-state index contributed by atoms with van der Waals surface area (Å²) in [6.45, 7) is 0.789. The smallest absolute Gasteiger partial charge is 0.243 e. The molecule has 1 aliphatic heterocycles. The first-order valence-corrected chi connectivity index (χ1v) is 12.1. The van der Waals surface area contributed by atoms with Crippen molar-refractivity contribution < 1.29 is 14.4 Å². The minimum Gasteiger partial charge on any atom is -0.370 e. The molecular weight excluding hydrogens is 454 g/mol. The predicted octanol–water partition coefficient (Wildman–Crippen LogP) is 0.425. The molecule has 3 rings (SSSR count). The van der Waals surface area contributed by atoms with Crippen molar-refractivity contribution >= 4 is 34.9 Å². The molecule has 7 N–H and O–H groups in total. The summed E-state index contributed by atoms with van der Waals surface area (Å²) in [5, 5.41) is 4.86. The van der Waals surface area contributed by atoms with Crippen LogP contribution in [0.3, 0.4) is 0 Å². The third-order valence-electron chi connectivity index (χ3n) is 5.68. The zero-order valence-electron chi connectivity index (χ0n) is 18.9. The fourth-order valence-corrected chi connectivity index (χ4v) is 4.64. The number of guanidine groups is 1. The molecule has 2 amide bonds. The van der Waals surface area contributed by atoms with Crippen LogP contribution in [-0.2, 0) is 16.0 Å². The molecule has 3 atom stereocenters. The van der Waals surface area contributed by atoms with Crippen molar-refractivity contribution in [3.63, 3.8) is 0 Å². The fraction of sp³-hybridized carbons (Fsp3) is 0.435. The fourth-order valence-electron chi connectivity index (χ4n) is 4.01. The highest BCUT2D eigenvalue weighted by Gasteiger charge is 2.37. The lowest BCUT2D eigenvalue weighted by atomic mass is 10.0. The van der Waals surface area contributed by atoms with E-state index in [1.165, 1.54) is 16.2 Å². The van der Waals surface area contributed by atoms with Gasteiger partial charge in [-0.15, -0.1) is 11.3 Å². The number of hydrogen-bond donors (Lipinski definition) is 4. The molecule has 182 valence electrons. The van der Waals surface area contributed by atoms with Crippen LogP contribution in [0.15, 0.2) is 46.9 Å². The van der Waals surface area contributed by atoms with Gasteiger partial charge in [-0.25, -0.2) is 4.98 Å². The van der Waals surface area contributed by atoms with Gasteiger partial charge in [-0.2, -0.15) is 0 Å². The van der Waals surface area contributed by atoms with Gasteiger partial charge in [-0.3, -0.25) is 19.4 Å². The molecule has 34 heavy (non-hydrogen) atoms. The van der Waals surface area contributed by atoms with Crippen molar-refractivity contribution in [3.8, 4) is 0 Å². The molecule has 0 saturated carbocycles. The van der Waals surface area contributed by atoms with E-state index in [0.717, 1.165) is 5.56 Å². The number of nitrogens with zero attached hydrogens (tertiary/aromatic N) is 3. The lowest BCUT2D eigenvalue weighted by Crippen LogP contribution is -2.54. The molecule has 0 aliphatic carbocycles. The number of amides is 2. The molecule has 0 bridgehead atoms. The maximum Gasteiger partial charge on any atom is 0.243 e. The SMILES string of the molecule is NC(N)=NCCC[C@H](NC(=O)[C@@H]1CCCN1C(=O)[C@@H](N)Cc1ccccc1)C(=O)c1nccs1. The lowest BCUT2D eigenvalue weighted by molar-refractivity contribution is -0.139. The minimum absolute atomic E-state index is 0.0289. The lowest BCUT2D eigenvalue weighted by Gasteiger charge is -2.28. The molecule has 0 radical (unpaired) electrons. The van der Waals surface area contributed by atoms with E-state index in [1.54, 1.807) is 11.6 Å². The van der Waals surface area contributed by atoms with Crippen molar-refractivity contribution in [2.24, 2.45) is 22.2 Å². The summed E-state index contributed by atoms with van der Waals surface area (Å²) >= 11 is 1.21. The quantitative estimate of drug-likeness (QED) is 0.155. The molecule has 11 heteroatoms. The molecule has 2 heterocycles. The van der Waals surface area contributed by atoms with E-state index in [1.807, 2.05) is 30.3 Å². The highest BCUT2D eigenvalue weighted by Crippen LogP contribution is 2.20. The minimum atomic E-state index is -0.789. The van der Waals surface area contributed by atoms with Gasteiger partial charge in [0.25, 0.3) is 0 Å². The third kappa shape index (κ3) is 6.84. The van der Waals surface area contributed by atoms with Gasteiger partial charge in [0.15, 0.2) is 11.0 Å². The molecule has 0 spiro atoms. The molecule has 1 fully saturated rings. The van der Waals surface area contributed by atoms with Gasteiger partial charge < -0.3 is 27.4 Å². The zero-order valence-corrected chi connectivity index (χ0v) is 19.7. The Morgan fingerprint density at radius 1 is 1.24 bits per heavy atom. The van der Waals surface area contributed by atoms with Crippen LogP contribution in [-0.4, -0.2) is 64.7 Å². The zero-order chi connectivity index (χ0) is 24.5. The number of Topliss-reactive ketones (excluding diaryl/α,β-unsaturated/α-hetero) is 1. The van der Waals surface area contributed by atoms with Crippen molar-refractivity contribution in [3.05, 3.63) is 52.5 Å². The number of aliphatic imine (C=N–C) groups is 1. The van der Waals surface area contributed by atoms with Crippen molar-refractivity contribution in [1.29, 1.82) is 0 Å². The molecule has 10 nitrogen and oxygen atoms in total. The van der Waals surface area contributed by atoms with Gasteiger partial charge in [-0.05, 0) is 37.7 Å². The van der Waals surface area contributed by atoms with Crippen LogP contribution in [0, 0.1) is 0 Å². The summed E-state index contributed by atoms with van der Waals surface area (Å²) in [5.41, 5.74) is 17.9. The Labute approximate surface area is 202 Å². The molecule has 2 aromatic rings. The van der Waals surface area contributed by atoms with Crippen LogP contribution in [0.5, 0.6) is 0 Å². The maximum absolute atomic E-state index is 13.2. The van der Waals surface area contributed by atoms with Crippen LogP contribution >= 0.6 is 11.3 Å². The van der Waals surface area contributed by atoms with E-state index in [4.69, 9.17) is 17.2 Å². The molecule has 1 saturated heterocycles. The summed E-state index contributed by atoms with van der Waals surface area (Å²) in [6.07, 6.45) is 3.98. The summed E-state index contributed by atoms with van der Waals surface area (Å²) < 4.78 is 0. The van der Waals surface area contributed by atoms with Gasteiger partial charge in [0, 0.05) is 24.7 Å². The average Bonchev–Trinajstić information content (AvgIpc) is 3.53. The number of thiazole rings is 1. The largest absolute Gasteiger partial charge is 0.370 e. The van der Waals surface area contributed by atoms with Gasteiger partial charge in [-0.1, -0.05) is 30.3 Å². The van der Waals surface area contributed by atoms with E-state index < -0.39 is 18.1 Å². The van der Waals surface area contributed by atoms with Crippen LogP contribution in [0.4, 0.5) is 0 Å². The van der Waals surface area contributed by atoms with Gasteiger partial charge >= 0.3 is 0 Å².